The van der Waals surface area contributed by atoms with Crippen LogP contribution in [-0.4, -0.2) is 29.8 Å². The lowest BCUT2D eigenvalue weighted by Crippen LogP contribution is -2.28. The maximum Gasteiger partial charge on any atom is 0.00700 e. The van der Waals surface area contributed by atoms with Crippen molar-refractivity contribution < 1.29 is 0 Å². The largest absolute Gasteiger partial charge is 0.300 e. The molecule has 0 N–H and O–H groups in total. The third-order valence-corrected chi connectivity index (χ3v) is 2.83. The van der Waals surface area contributed by atoms with E-state index >= 15 is 0 Å². The highest BCUT2D eigenvalue weighted by molar-refractivity contribution is 7.80. The van der Waals surface area contributed by atoms with Gasteiger partial charge in [0.15, 0.2) is 0 Å². The SMILES string of the molecule is CC1CC(C)N(CCCS)C1. The summed E-state index contributed by atoms with van der Waals surface area (Å²) in [5.41, 5.74) is 0. The van der Waals surface area contributed by atoms with E-state index in [2.05, 4.69) is 31.4 Å². The van der Waals surface area contributed by atoms with Gasteiger partial charge >= 0.3 is 0 Å². The molecule has 2 unspecified atom stereocenters. The van der Waals surface area contributed by atoms with Crippen LogP contribution in [0.25, 0.3) is 0 Å². The zero-order valence-corrected chi connectivity index (χ0v) is 8.48. The first-order valence-corrected chi connectivity index (χ1v) is 5.22. The first-order chi connectivity index (χ1) is 5.24. The molecule has 11 heavy (non-hydrogen) atoms. The van der Waals surface area contributed by atoms with Crippen molar-refractivity contribution in [1.82, 2.24) is 4.90 Å². The van der Waals surface area contributed by atoms with E-state index in [1.807, 2.05) is 0 Å². The fraction of sp³-hybridized carbons (Fsp3) is 1.00. The van der Waals surface area contributed by atoms with Crippen LogP contribution in [-0.2, 0) is 0 Å². The molecule has 0 aliphatic carbocycles. The highest BCUT2D eigenvalue weighted by atomic mass is 32.1. The zero-order valence-electron chi connectivity index (χ0n) is 7.58. The molecule has 1 fully saturated rings. The van der Waals surface area contributed by atoms with Crippen molar-refractivity contribution in [2.75, 3.05) is 18.8 Å². The number of hydrogen-bond donors (Lipinski definition) is 1. The average molecular weight is 173 g/mol. The van der Waals surface area contributed by atoms with Crippen molar-refractivity contribution in [3.05, 3.63) is 0 Å². The van der Waals surface area contributed by atoms with Gasteiger partial charge < -0.3 is 4.90 Å². The molecule has 0 spiro atoms. The van der Waals surface area contributed by atoms with Crippen LogP contribution in [0.4, 0.5) is 0 Å². The summed E-state index contributed by atoms with van der Waals surface area (Å²) in [4.78, 5) is 2.58. The first kappa shape index (κ1) is 9.40. The van der Waals surface area contributed by atoms with E-state index in [-0.39, 0.29) is 0 Å². The van der Waals surface area contributed by atoms with Crippen LogP contribution >= 0.6 is 12.6 Å². The molecule has 0 aromatic heterocycles. The number of hydrogen-bond acceptors (Lipinski definition) is 2. The van der Waals surface area contributed by atoms with E-state index in [4.69, 9.17) is 0 Å². The lowest BCUT2D eigenvalue weighted by Gasteiger charge is -2.19. The van der Waals surface area contributed by atoms with E-state index < -0.39 is 0 Å². The first-order valence-electron chi connectivity index (χ1n) is 4.59. The molecule has 1 saturated heterocycles. The summed E-state index contributed by atoms with van der Waals surface area (Å²) in [6, 6.07) is 0.810. The second-order valence-corrected chi connectivity index (χ2v) is 4.21. The van der Waals surface area contributed by atoms with Gasteiger partial charge in [-0.3, -0.25) is 0 Å². The van der Waals surface area contributed by atoms with Gasteiger partial charge in [0.2, 0.25) is 0 Å². The summed E-state index contributed by atoms with van der Waals surface area (Å²) in [6.45, 7) is 7.23. The van der Waals surface area contributed by atoms with Gasteiger partial charge in [0.25, 0.3) is 0 Å². The van der Waals surface area contributed by atoms with Gasteiger partial charge in [-0.05, 0) is 38.0 Å². The Morgan fingerprint density at radius 1 is 1.45 bits per heavy atom. The molecule has 0 saturated carbocycles. The Kier molecular flexibility index (Phi) is 3.73. The van der Waals surface area contributed by atoms with Crippen LogP contribution in [0, 0.1) is 5.92 Å². The molecule has 0 aromatic rings. The number of thiol groups is 1. The number of likely N-dealkylation sites (tertiary alicyclic amines) is 1. The fourth-order valence-electron chi connectivity index (χ4n) is 1.97. The fourth-order valence-corrected chi connectivity index (χ4v) is 2.11. The van der Waals surface area contributed by atoms with Crippen LogP contribution in [0.1, 0.15) is 26.7 Å². The molecular formula is C9H19NS. The Balaban J connectivity index is 2.23. The minimum absolute atomic E-state index is 0.810. The minimum Gasteiger partial charge on any atom is -0.300 e. The summed E-state index contributed by atoms with van der Waals surface area (Å²) in [6.07, 6.45) is 2.62. The zero-order chi connectivity index (χ0) is 8.27. The molecular weight excluding hydrogens is 154 g/mol. The lowest BCUT2D eigenvalue weighted by molar-refractivity contribution is 0.267. The predicted molar refractivity (Wildman–Crippen MR) is 53.3 cm³/mol. The van der Waals surface area contributed by atoms with Gasteiger partial charge in [-0.2, -0.15) is 12.6 Å². The summed E-state index contributed by atoms with van der Waals surface area (Å²) < 4.78 is 0. The predicted octanol–water partition coefficient (Wildman–Crippen LogP) is 2.04. The van der Waals surface area contributed by atoms with Crippen molar-refractivity contribution in [1.29, 1.82) is 0 Å². The van der Waals surface area contributed by atoms with Crippen molar-refractivity contribution in [2.24, 2.45) is 5.92 Å². The Morgan fingerprint density at radius 3 is 2.64 bits per heavy atom. The normalized spacial score (nSPS) is 33.0. The standard InChI is InChI=1S/C9H19NS/c1-8-6-9(2)10(7-8)4-3-5-11/h8-9,11H,3-7H2,1-2H3. The maximum atomic E-state index is 4.22. The van der Waals surface area contributed by atoms with Crippen LogP contribution in [0.5, 0.6) is 0 Å². The number of nitrogens with zero attached hydrogens (tertiary/aromatic N) is 1. The molecule has 0 amide bonds. The lowest BCUT2D eigenvalue weighted by atomic mass is 10.1. The molecule has 0 radical (unpaired) electrons. The highest BCUT2D eigenvalue weighted by Crippen LogP contribution is 2.21. The third kappa shape index (κ3) is 2.68. The Hall–Kier alpha value is 0.310. The van der Waals surface area contributed by atoms with Gasteiger partial charge in [0, 0.05) is 12.6 Å². The van der Waals surface area contributed by atoms with Gasteiger partial charge in [-0.1, -0.05) is 6.92 Å². The smallest absolute Gasteiger partial charge is 0.00700 e. The molecule has 2 atom stereocenters. The number of rotatable bonds is 3. The Morgan fingerprint density at radius 2 is 2.18 bits per heavy atom. The van der Waals surface area contributed by atoms with E-state index in [9.17, 15) is 0 Å². The molecule has 0 bridgehead atoms. The summed E-state index contributed by atoms with van der Waals surface area (Å²) in [5, 5.41) is 0. The van der Waals surface area contributed by atoms with Crippen molar-refractivity contribution in [2.45, 2.75) is 32.7 Å². The monoisotopic (exact) mass is 173 g/mol. The second-order valence-electron chi connectivity index (χ2n) is 3.76. The van der Waals surface area contributed by atoms with Gasteiger partial charge in [-0.15, -0.1) is 0 Å². The van der Waals surface area contributed by atoms with Crippen LogP contribution in [0.2, 0.25) is 0 Å². The molecule has 1 heterocycles. The quantitative estimate of drug-likeness (QED) is 0.639. The van der Waals surface area contributed by atoms with Crippen LogP contribution in [0.15, 0.2) is 0 Å². The molecule has 0 aromatic carbocycles. The second kappa shape index (κ2) is 4.36. The molecule has 1 aliphatic rings. The minimum atomic E-state index is 0.810. The van der Waals surface area contributed by atoms with Crippen molar-refractivity contribution in [3.63, 3.8) is 0 Å². The summed E-state index contributed by atoms with van der Waals surface area (Å²) in [7, 11) is 0. The molecule has 1 aliphatic heterocycles. The van der Waals surface area contributed by atoms with E-state index in [1.165, 1.54) is 25.9 Å². The van der Waals surface area contributed by atoms with Crippen LogP contribution in [0.3, 0.4) is 0 Å². The van der Waals surface area contributed by atoms with E-state index in [0.29, 0.717) is 0 Å². The van der Waals surface area contributed by atoms with E-state index in [1.54, 1.807) is 0 Å². The highest BCUT2D eigenvalue weighted by Gasteiger charge is 2.24. The van der Waals surface area contributed by atoms with E-state index in [0.717, 1.165) is 17.7 Å². The molecule has 1 nitrogen and oxygen atoms in total. The van der Waals surface area contributed by atoms with Gasteiger partial charge in [-0.25, -0.2) is 0 Å². The third-order valence-electron chi connectivity index (χ3n) is 2.52. The van der Waals surface area contributed by atoms with Crippen LogP contribution < -0.4 is 0 Å². The maximum absolute atomic E-state index is 4.22. The van der Waals surface area contributed by atoms with Crippen molar-refractivity contribution >= 4 is 12.6 Å². The molecule has 1 rings (SSSR count). The topological polar surface area (TPSA) is 3.24 Å². The van der Waals surface area contributed by atoms with Gasteiger partial charge in [0.1, 0.15) is 0 Å². The summed E-state index contributed by atoms with van der Waals surface area (Å²) >= 11 is 4.22. The summed E-state index contributed by atoms with van der Waals surface area (Å²) in [5.74, 6) is 1.93. The Bertz CT molecular complexity index is 116. The molecule has 66 valence electrons. The van der Waals surface area contributed by atoms with Crippen molar-refractivity contribution in [3.8, 4) is 0 Å². The average Bonchev–Trinajstić information content (AvgIpc) is 2.26. The molecule has 2 heteroatoms. The Labute approximate surface area is 75.6 Å². The van der Waals surface area contributed by atoms with Gasteiger partial charge in [0.05, 0.1) is 0 Å².